The molecule has 1 N–H and O–H groups in total. The van der Waals surface area contributed by atoms with Crippen LogP contribution in [0, 0.1) is 12.8 Å². The fourth-order valence-corrected chi connectivity index (χ4v) is 1.91. The van der Waals surface area contributed by atoms with E-state index in [4.69, 9.17) is 4.52 Å². The van der Waals surface area contributed by atoms with Gasteiger partial charge in [0.1, 0.15) is 6.04 Å². The lowest BCUT2D eigenvalue weighted by molar-refractivity contribution is -0.126. The number of nitrogens with zero attached hydrogens (tertiary/aromatic N) is 2. The van der Waals surface area contributed by atoms with E-state index in [1.165, 1.54) is 0 Å². The lowest BCUT2D eigenvalue weighted by atomic mass is 9.93. The average molecular weight is 235 g/mol. The number of carbonyl (C=O) groups is 1. The quantitative estimate of drug-likeness (QED) is 0.812. The summed E-state index contributed by atoms with van der Waals surface area (Å²) < 4.78 is 5.02. The molecule has 2 rings (SSSR count). The van der Waals surface area contributed by atoms with E-state index in [0.717, 1.165) is 19.3 Å². The largest absolute Gasteiger partial charge is 0.344 e. The maximum absolute atomic E-state index is 12.0. The molecule has 1 aromatic heterocycles. The second-order valence-electron chi connectivity index (χ2n) is 4.39. The zero-order chi connectivity index (χ0) is 12.3. The Morgan fingerprint density at radius 1 is 1.59 bits per heavy atom. The van der Waals surface area contributed by atoms with Crippen molar-refractivity contribution in [2.45, 2.75) is 39.2 Å². The number of hydrogen-bond acceptors (Lipinski definition) is 4. The first kappa shape index (κ1) is 11.8. The molecule has 0 aliphatic heterocycles. The van der Waals surface area contributed by atoms with Gasteiger partial charge in [0, 0.05) is 5.92 Å². The minimum absolute atomic E-state index is 0.0673. The van der Waals surface area contributed by atoms with E-state index >= 15 is 0 Å². The Labute approximate surface area is 100 Å². The molecule has 0 saturated heterocycles. The van der Waals surface area contributed by atoms with Crippen LogP contribution in [0.5, 0.6) is 0 Å². The number of allylic oxidation sites excluding steroid dienone is 2. The normalized spacial score (nSPS) is 21.2. The first-order valence-corrected chi connectivity index (χ1v) is 5.92. The highest BCUT2D eigenvalue weighted by molar-refractivity contribution is 5.79. The van der Waals surface area contributed by atoms with Crippen LogP contribution < -0.4 is 5.32 Å². The molecule has 0 bridgehead atoms. The van der Waals surface area contributed by atoms with Crippen molar-refractivity contribution in [3.63, 3.8) is 0 Å². The second kappa shape index (κ2) is 5.12. The van der Waals surface area contributed by atoms with Crippen molar-refractivity contribution in [2.24, 2.45) is 5.92 Å². The third-order valence-electron chi connectivity index (χ3n) is 2.91. The number of aryl methyl sites for hydroxylation is 1. The minimum atomic E-state index is -0.227. The van der Waals surface area contributed by atoms with Gasteiger partial charge in [0.15, 0.2) is 5.82 Å². The maximum Gasteiger partial charge on any atom is 0.248 e. The fraction of sp³-hybridized carbons (Fsp3) is 0.583. The summed E-state index contributed by atoms with van der Waals surface area (Å²) in [6, 6.07) is -0.227. The molecule has 5 heteroatoms. The molecule has 0 spiro atoms. The summed E-state index contributed by atoms with van der Waals surface area (Å²) in [6.45, 7) is 3.61. The van der Waals surface area contributed by atoms with Gasteiger partial charge < -0.3 is 9.84 Å². The Morgan fingerprint density at radius 2 is 2.41 bits per heavy atom. The number of hydrogen-bond donors (Lipinski definition) is 1. The van der Waals surface area contributed by atoms with Gasteiger partial charge >= 0.3 is 0 Å². The van der Waals surface area contributed by atoms with E-state index in [1.807, 2.05) is 6.92 Å². The van der Waals surface area contributed by atoms with E-state index < -0.39 is 0 Å². The van der Waals surface area contributed by atoms with E-state index in [0.29, 0.717) is 11.7 Å². The standard InChI is InChI=1S/C12H17N3O2/c1-8(12-14-9(2)15-17-12)13-11(16)10-6-4-3-5-7-10/h3-4,8,10H,5-7H2,1-2H3,(H,13,16)/t8-,10-/m0/s1. The number of carbonyl (C=O) groups excluding carboxylic acids is 1. The number of aromatic nitrogens is 2. The molecular formula is C12H17N3O2. The van der Waals surface area contributed by atoms with Gasteiger partial charge in [-0.2, -0.15) is 4.98 Å². The molecule has 0 aromatic carbocycles. The molecular weight excluding hydrogens is 218 g/mol. The highest BCUT2D eigenvalue weighted by Crippen LogP contribution is 2.19. The summed E-state index contributed by atoms with van der Waals surface area (Å²) in [6.07, 6.45) is 6.90. The molecule has 92 valence electrons. The molecule has 0 fully saturated rings. The summed E-state index contributed by atoms with van der Waals surface area (Å²) >= 11 is 0. The summed E-state index contributed by atoms with van der Waals surface area (Å²) in [7, 11) is 0. The van der Waals surface area contributed by atoms with Gasteiger partial charge in [0.2, 0.25) is 11.8 Å². The van der Waals surface area contributed by atoms with Gasteiger partial charge in [-0.1, -0.05) is 17.3 Å². The van der Waals surface area contributed by atoms with Gasteiger partial charge in [-0.3, -0.25) is 4.79 Å². The molecule has 1 heterocycles. The Balaban J connectivity index is 1.92. The second-order valence-corrected chi connectivity index (χ2v) is 4.39. The molecule has 5 nitrogen and oxygen atoms in total. The summed E-state index contributed by atoms with van der Waals surface area (Å²) in [5, 5.41) is 6.62. The summed E-state index contributed by atoms with van der Waals surface area (Å²) in [5.74, 6) is 1.19. The van der Waals surface area contributed by atoms with E-state index in [-0.39, 0.29) is 17.9 Å². The molecule has 1 aliphatic rings. The molecule has 0 unspecified atom stereocenters. The molecule has 1 aliphatic carbocycles. The predicted octanol–water partition coefficient (Wildman–Crippen LogP) is 1.91. The van der Waals surface area contributed by atoms with Crippen LogP contribution in [-0.2, 0) is 4.79 Å². The van der Waals surface area contributed by atoms with E-state index in [9.17, 15) is 4.79 Å². The van der Waals surface area contributed by atoms with Gasteiger partial charge in [0.05, 0.1) is 0 Å². The van der Waals surface area contributed by atoms with E-state index in [2.05, 4.69) is 27.6 Å². The van der Waals surface area contributed by atoms with Gasteiger partial charge in [-0.25, -0.2) is 0 Å². The van der Waals surface area contributed by atoms with Crippen molar-refractivity contribution in [2.75, 3.05) is 0 Å². The Kier molecular flexibility index (Phi) is 3.56. The Morgan fingerprint density at radius 3 is 3.00 bits per heavy atom. The molecule has 1 amide bonds. The SMILES string of the molecule is Cc1noc([C@H](C)NC(=O)[C@H]2CC=CCC2)n1. The first-order valence-electron chi connectivity index (χ1n) is 5.92. The van der Waals surface area contributed by atoms with Crippen LogP contribution >= 0.6 is 0 Å². The van der Waals surface area contributed by atoms with Gasteiger partial charge in [-0.15, -0.1) is 0 Å². The van der Waals surface area contributed by atoms with Crippen molar-refractivity contribution in [3.05, 3.63) is 23.9 Å². The predicted molar refractivity (Wildman–Crippen MR) is 62.1 cm³/mol. The number of amides is 1. The van der Waals surface area contributed by atoms with E-state index in [1.54, 1.807) is 6.92 Å². The fourth-order valence-electron chi connectivity index (χ4n) is 1.91. The number of rotatable bonds is 3. The molecule has 2 atom stereocenters. The Hall–Kier alpha value is -1.65. The minimum Gasteiger partial charge on any atom is -0.344 e. The van der Waals surface area contributed by atoms with Crippen molar-refractivity contribution in [3.8, 4) is 0 Å². The average Bonchev–Trinajstić information content (AvgIpc) is 2.77. The molecule has 0 radical (unpaired) electrons. The lowest BCUT2D eigenvalue weighted by Gasteiger charge is -2.19. The van der Waals surface area contributed by atoms with Crippen LogP contribution in [0.1, 0.15) is 43.9 Å². The topological polar surface area (TPSA) is 68.0 Å². The first-order chi connectivity index (χ1) is 8.16. The van der Waals surface area contributed by atoms with Gasteiger partial charge in [0.25, 0.3) is 0 Å². The maximum atomic E-state index is 12.0. The highest BCUT2D eigenvalue weighted by Gasteiger charge is 2.22. The number of nitrogens with one attached hydrogen (secondary N) is 1. The zero-order valence-electron chi connectivity index (χ0n) is 10.1. The molecule has 17 heavy (non-hydrogen) atoms. The van der Waals surface area contributed by atoms with Crippen LogP contribution in [0.3, 0.4) is 0 Å². The van der Waals surface area contributed by atoms with Crippen molar-refractivity contribution in [1.82, 2.24) is 15.5 Å². The summed E-state index contributed by atoms with van der Waals surface area (Å²) in [4.78, 5) is 16.1. The third-order valence-corrected chi connectivity index (χ3v) is 2.91. The van der Waals surface area contributed by atoms with Crippen LogP contribution in [0.4, 0.5) is 0 Å². The van der Waals surface area contributed by atoms with Crippen molar-refractivity contribution in [1.29, 1.82) is 0 Å². The van der Waals surface area contributed by atoms with Crippen LogP contribution in [0.25, 0.3) is 0 Å². The van der Waals surface area contributed by atoms with Crippen LogP contribution in [0.2, 0.25) is 0 Å². The van der Waals surface area contributed by atoms with Crippen LogP contribution in [0.15, 0.2) is 16.7 Å². The van der Waals surface area contributed by atoms with Crippen LogP contribution in [-0.4, -0.2) is 16.0 Å². The third kappa shape index (κ3) is 2.93. The molecule has 0 saturated carbocycles. The molecule has 1 aromatic rings. The van der Waals surface area contributed by atoms with Crippen molar-refractivity contribution < 1.29 is 9.32 Å². The zero-order valence-corrected chi connectivity index (χ0v) is 10.1. The monoisotopic (exact) mass is 235 g/mol. The summed E-state index contributed by atoms with van der Waals surface area (Å²) in [5.41, 5.74) is 0. The lowest BCUT2D eigenvalue weighted by Crippen LogP contribution is -2.33. The van der Waals surface area contributed by atoms with Crippen molar-refractivity contribution >= 4 is 5.91 Å². The smallest absolute Gasteiger partial charge is 0.248 e. The van der Waals surface area contributed by atoms with Gasteiger partial charge in [-0.05, 0) is 33.1 Å². The Bertz CT molecular complexity index is 425. The highest BCUT2D eigenvalue weighted by atomic mass is 16.5.